The Morgan fingerprint density at radius 1 is 0.711 bits per heavy atom. The summed E-state index contributed by atoms with van der Waals surface area (Å²) < 4.78 is 4.60. The second kappa shape index (κ2) is 23.1. The van der Waals surface area contributed by atoms with Crippen molar-refractivity contribution in [2.45, 2.75) is 169 Å². The molecule has 0 bridgehead atoms. The summed E-state index contributed by atoms with van der Waals surface area (Å²) in [5, 5.41) is 10.4. The van der Waals surface area contributed by atoms with Gasteiger partial charge in [0.1, 0.15) is 5.75 Å². The van der Waals surface area contributed by atoms with E-state index in [4.69, 9.17) is 0 Å². The Morgan fingerprint density at radius 2 is 1.03 bits per heavy atom. The fourth-order valence-corrected chi connectivity index (χ4v) is 4.82. The fourth-order valence-electron chi connectivity index (χ4n) is 4.60. The maximum absolute atomic E-state index is 10.9. The van der Waals surface area contributed by atoms with Gasteiger partial charge in [0.15, 0.2) is 23.0 Å². The van der Waals surface area contributed by atoms with Gasteiger partial charge in [-0.2, -0.15) is 0 Å². The van der Waals surface area contributed by atoms with Crippen LogP contribution in [0, 0.1) is 6.92 Å². The molecule has 0 saturated carbocycles. The quantitative estimate of drug-likeness (QED) is 0.108. The molecule has 0 aliphatic heterocycles. The third-order valence-corrected chi connectivity index (χ3v) is 7.43. The van der Waals surface area contributed by atoms with Gasteiger partial charge in [0, 0.05) is 6.42 Å². The van der Waals surface area contributed by atoms with E-state index in [1.807, 2.05) is 0 Å². The fraction of sp³-hybridized carbons (Fsp3) is 0.788. The molecule has 1 aromatic rings. The molecule has 0 fully saturated rings. The van der Waals surface area contributed by atoms with Gasteiger partial charge < -0.3 is 8.17 Å². The topological polar surface area (TPSA) is 46.5 Å². The second-order valence-electron chi connectivity index (χ2n) is 12.9. The van der Waals surface area contributed by atoms with Gasteiger partial charge in [-0.15, -0.1) is 0 Å². The van der Waals surface area contributed by atoms with E-state index < -0.39 is 0 Å². The molecule has 5 heteroatoms. The van der Waals surface area contributed by atoms with Gasteiger partial charge in [-0.25, -0.2) is 0 Å². The molecule has 0 heterocycles. The number of hydrogen-bond donors (Lipinski definition) is 1. The van der Waals surface area contributed by atoms with E-state index in [0.29, 0.717) is 12.2 Å². The van der Waals surface area contributed by atoms with Crippen LogP contribution in [0.25, 0.3) is 0 Å². The first-order valence-electron chi connectivity index (χ1n) is 15.0. The van der Waals surface area contributed by atoms with Crippen molar-refractivity contribution >= 4 is 66.7 Å². The first-order chi connectivity index (χ1) is 17.3. The summed E-state index contributed by atoms with van der Waals surface area (Å²) in [6.07, 6.45) is 20.9. The Bertz CT molecular complexity index is 700. The average molecular weight is 673 g/mol. The summed E-state index contributed by atoms with van der Waals surface area (Å²) >= 11 is 1.66. The van der Waals surface area contributed by atoms with E-state index >= 15 is 0 Å². The van der Waals surface area contributed by atoms with E-state index in [9.17, 15) is 9.90 Å². The number of benzene rings is 1. The second-order valence-corrected chi connectivity index (χ2v) is 13.3. The Morgan fingerprint density at radius 3 is 1.32 bits per heavy atom. The Hall–Kier alpha value is 0.480. The molecule has 0 spiro atoms. The molecule has 0 aliphatic carbocycles. The van der Waals surface area contributed by atoms with Gasteiger partial charge in [-0.3, -0.25) is 4.79 Å². The number of unbranched alkanes of at least 4 members (excludes halogenated alkanes) is 14. The summed E-state index contributed by atoms with van der Waals surface area (Å²) in [5.74, 6) is 0.385. The maximum atomic E-state index is 10.9. The third kappa shape index (κ3) is 20.4. The van der Waals surface area contributed by atoms with Crippen LogP contribution in [0.2, 0.25) is 0 Å². The number of hydrogen-bond acceptors (Lipinski definition) is 3. The van der Waals surface area contributed by atoms with Crippen LogP contribution in [0.1, 0.15) is 168 Å². The van der Waals surface area contributed by atoms with Crippen LogP contribution in [0.15, 0.2) is 12.1 Å². The number of halogens is 1. The minimum atomic E-state index is -0.0784. The van der Waals surface area contributed by atoms with Crippen LogP contribution >= 0.6 is 23.0 Å². The van der Waals surface area contributed by atoms with Crippen LogP contribution in [-0.2, 0) is 18.7 Å². The van der Waals surface area contributed by atoms with Gasteiger partial charge in [0.2, 0.25) is 0 Å². The van der Waals surface area contributed by atoms with Crippen molar-refractivity contribution in [3.8, 4) is 5.75 Å². The Kier molecular flexibility index (Phi) is 24.7. The average Bonchev–Trinajstić information content (AvgIpc) is 2.81. The number of rotatable bonds is 16. The van der Waals surface area contributed by atoms with Crippen molar-refractivity contribution < 1.29 is 13.0 Å². The van der Waals surface area contributed by atoms with Crippen LogP contribution in [0.3, 0.4) is 0 Å². The molecule has 0 saturated heterocycles. The van der Waals surface area contributed by atoms with Gasteiger partial charge >= 0.3 is 43.7 Å². The third-order valence-electron chi connectivity index (χ3n) is 6.94. The van der Waals surface area contributed by atoms with Crippen molar-refractivity contribution in [2.75, 3.05) is 0 Å². The number of aryl methyl sites for hydroxylation is 1. The molecule has 38 heavy (non-hydrogen) atoms. The van der Waals surface area contributed by atoms with Crippen LogP contribution in [-0.4, -0.2) is 48.8 Å². The zero-order valence-electron chi connectivity index (χ0n) is 25.6. The van der Waals surface area contributed by atoms with Gasteiger partial charge in [-0.1, -0.05) is 156 Å². The summed E-state index contributed by atoms with van der Waals surface area (Å²) in [7, 11) is 0. The van der Waals surface area contributed by atoms with Crippen molar-refractivity contribution in [3.05, 3.63) is 28.8 Å². The van der Waals surface area contributed by atoms with Crippen LogP contribution in [0.5, 0.6) is 5.75 Å². The summed E-state index contributed by atoms with van der Waals surface area (Å²) in [5.41, 5.74) is 3.26. The van der Waals surface area contributed by atoms with E-state index in [2.05, 4.69) is 70.6 Å². The summed E-state index contributed by atoms with van der Waals surface area (Å²) in [4.78, 5) is 10.9. The number of carbonyl (C=O) groups is 1. The van der Waals surface area contributed by atoms with Crippen molar-refractivity contribution in [2.24, 2.45) is 0 Å². The predicted octanol–water partition coefficient (Wildman–Crippen LogP) is 10.5. The molecular formula is C33H61CaIO3. The number of phenolic OH excluding ortho intramolecular Hbond substituents is 1. The van der Waals surface area contributed by atoms with E-state index in [0.717, 1.165) is 17.5 Å². The molecule has 0 atom stereocenters. The molecular weight excluding hydrogens is 611 g/mol. The standard InChI is InChI=1S/C18H35IO2.C15H24O.Ca.2H/c1-2-3-4-5-6-7-8-9-10-11-12-13-14-15-16-17-18(20)21-19;1-10-8-11(14(2,3)4)13(16)12(9-10)15(5,6)7;;;/h2-17H2,1H3;8-9,16H,1-7H3;;;. The van der Waals surface area contributed by atoms with Gasteiger partial charge in [-0.05, 0) is 35.3 Å². The van der Waals surface area contributed by atoms with Crippen molar-refractivity contribution in [1.29, 1.82) is 0 Å². The molecule has 0 aromatic heterocycles. The van der Waals surface area contributed by atoms with E-state index in [1.165, 1.54) is 95.5 Å². The molecule has 220 valence electrons. The molecule has 3 nitrogen and oxygen atoms in total. The van der Waals surface area contributed by atoms with Crippen LogP contribution in [0.4, 0.5) is 0 Å². The Labute approximate surface area is 280 Å². The van der Waals surface area contributed by atoms with E-state index in [-0.39, 0.29) is 54.5 Å². The zero-order valence-corrected chi connectivity index (χ0v) is 27.8. The predicted molar refractivity (Wildman–Crippen MR) is 178 cm³/mol. The van der Waals surface area contributed by atoms with E-state index in [1.54, 1.807) is 23.0 Å². The van der Waals surface area contributed by atoms with Crippen molar-refractivity contribution in [3.63, 3.8) is 0 Å². The molecule has 0 radical (unpaired) electrons. The normalized spacial score (nSPS) is 11.4. The van der Waals surface area contributed by atoms with Gasteiger partial charge in [0.25, 0.3) is 0 Å². The molecule has 0 aliphatic rings. The van der Waals surface area contributed by atoms with Crippen LogP contribution < -0.4 is 0 Å². The number of phenols is 1. The summed E-state index contributed by atoms with van der Waals surface area (Å²) in [6.45, 7) is 17.2. The Balaban J connectivity index is 0. The summed E-state index contributed by atoms with van der Waals surface area (Å²) in [6, 6.07) is 4.18. The first kappa shape index (κ1) is 40.6. The SMILES string of the molecule is CCCCCCCCCCCCCCCCCC(=O)OI.Cc1cc(C(C)(C)C)c(O)c(C(C)(C)C)c1.[CaH2]. The molecule has 1 aromatic carbocycles. The van der Waals surface area contributed by atoms with Gasteiger partial charge in [0.05, 0.1) is 0 Å². The molecule has 1 rings (SSSR count). The number of carbonyl (C=O) groups excluding carboxylic acids is 1. The monoisotopic (exact) mass is 672 g/mol. The first-order valence-corrected chi connectivity index (χ1v) is 15.9. The molecule has 1 N–H and O–H groups in total. The van der Waals surface area contributed by atoms with Crippen molar-refractivity contribution in [1.82, 2.24) is 0 Å². The zero-order chi connectivity index (χ0) is 28.3. The number of aromatic hydroxyl groups is 1. The molecule has 0 amide bonds. The molecule has 0 unspecified atom stereocenters. The minimum absolute atomic E-state index is 0.